The maximum atomic E-state index is 13.4. The van der Waals surface area contributed by atoms with Crippen molar-refractivity contribution in [3.63, 3.8) is 0 Å². The van der Waals surface area contributed by atoms with E-state index >= 15 is 0 Å². The fourth-order valence-corrected chi connectivity index (χ4v) is 7.11. The van der Waals surface area contributed by atoms with Gasteiger partial charge < -0.3 is 25.2 Å². The number of halogens is 2. The number of ether oxygens (including phenoxy) is 1. The van der Waals surface area contributed by atoms with Gasteiger partial charge in [-0.3, -0.25) is 0 Å². The normalized spacial score (nSPS) is 30.0. The molecule has 1 aliphatic carbocycles. The molecule has 0 bridgehead atoms. The Morgan fingerprint density at radius 3 is 1.95 bits per heavy atom. The lowest BCUT2D eigenvalue weighted by Crippen LogP contribution is -2.55. The molecule has 222 valence electrons. The fourth-order valence-electron chi connectivity index (χ4n) is 5.59. The van der Waals surface area contributed by atoms with E-state index in [0.717, 1.165) is 6.42 Å². The van der Waals surface area contributed by atoms with Crippen molar-refractivity contribution in [2.45, 2.75) is 66.4 Å². The lowest BCUT2D eigenvalue weighted by Gasteiger charge is -2.44. The second kappa shape index (κ2) is 12.1. The largest absolute Gasteiger partial charge is 0.394 e. The van der Waals surface area contributed by atoms with Crippen molar-refractivity contribution >= 4 is 11.8 Å². The highest BCUT2D eigenvalue weighted by Gasteiger charge is 2.48. The van der Waals surface area contributed by atoms with Crippen molar-refractivity contribution in [1.82, 2.24) is 30.0 Å². The van der Waals surface area contributed by atoms with E-state index in [9.17, 15) is 29.2 Å². The summed E-state index contributed by atoms with van der Waals surface area (Å²) in [6.07, 6.45) is 0.893. The number of aromatic nitrogens is 6. The number of hydrogen-bond donors (Lipinski definition) is 4. The van der Waals surface area contributed by atoms with Crippen LogP contribution in [0.5, 0.6) is 0 Å². The number of aliphatic hydroxyl groups excluding tert-OH is 4. The predicted molar refractivity (Wildman–Crippen MR) is 148 cm³/mol. The van der Waals surface area contributed by atoms with Crippen molar-refractivity contribution in [3.05, 3.63) is 72.6 Å². The Labute approximate surface area is 243 Å². The third-order valence-electron chi connectivity index (χ3n) is 7.87. The van der Waals surface area contributed by atoms with Crippen LogP contribution in [-0.2, 0) is 4.74 Å². The highest BCUT2D eigenvalue weighted by atomic mass is 32.2. The Bertz CT molecular complexity index is 1490. The van der Waals surface area contributed by atoms with Gasteiger partial charge in [-0.15, -0.1) is 22.0 Å². The number of nitrogens with zero attached hydrogens (tertiary/aromatic N) is 6. The standard InChI is InChI=1S/C28H30F2N6O5S/c29-17-8-4-15(5-9-17)19-12-35(33-31-19)21-2-1-3-23(25(21)38)42-28-27(40)24(26(39)22(14-37)41-28)36-13-20(32-34-36)16-6-10-18(30)11-7-16/h4-13,21-28,37-40H,1-3,14H2/t21-,22+,23+,24-,25+,26-,27+,28-/m0/s1. The molecule has 2 fully saturated rings. The van der Waals surface area contributed by atoms with Gasteiger partial charge in [0.05, 0.1) is 31.1 Å². The Morgan fingerprint density at radius 2 is 1.36 bits per heavy atom. The number of hydrogen-bond acceptors (Lipinski definition) is 10. The lowest BCUT2D eigenvalue weighted by molar-refractivity contribution is -0.178. The zero-order valence-electron chi connectivity index (χ0n) is 22.3. The number of benzene rings is 2. The van der Waals surface area contributed by atoms with E-state index in [1.165, 1.54) is 40.7 Å². The molecule has 1 aliphatic heterocycles. The minimum absolute atomic E-state index is 0.351. The lowest BCUT2D eigenvalue weighted by atomic mass is 9.92. The molecule has 14 heteroatoms. The summed E-state index contributed by atoms with van der Waals surface area (Å²) in [7, 11) is 0. The minimum Gasteiger partial charge on any atom is -0.394 e. The van der Waals surface area contributed by atoms with Crippen LogP contribution in [0.2, 0.25) is 0 Å². The Morgan fingerprint density at radius 1 is 0.786 bits per heavy atom. The monoisotopic (exact) mass is 600 g/mol. The molecule has 0 amide bonds. The van der Waals surface area contributed by atoms with Crippen LogP contribution in [-0.4, -0.2) is 92.1 Å². The summed E-state index contributed by atoms with van der Waals surface area (Å²) in [5, 5.41) is 59.9. The third-order valence-corrected chi connectivity index (χ3v) is 9.39. The van der Waals surface area contributed by atoms with Crippen molar-refractivity contribution < 1.29 is 33.9 Å². The van der Waals surface area contributed by atoms with Gasteiger partial charge in [-0.25, -0.2) is 18.1 Å². The van der Waals surface area contributed by atoms with Gasteiger partial charge >= 0.3 is 0 Å². The molecule has 3 heterocycles. The topological polar surface area (TPSA) is 152 Å². The maximum absolute atomic E-state index is 13.4. The summed E-state index contributed by atoms with van der Waals surface area (Å²) in [5.74, 6) is -0.743. The molecule has 2 aliphatic rings. The highest BCUT2D eigenvalue weighted by molar-refractivity contribution is 8.00. The molecule has 0 spiro atoms. The average Bonchev–Trinajstić information content (AvgIpc) is 3.67. The van der Waals surface area contributed by atoms with Crippen LogP contribution in [0, 0.1) is 11.6 Å². The van der Waals surface area contributed by atoms with Gasteiger partial charge in [0.25, 0.3) is 0 Å². The van der Waals surface area contributed by atoms with E-state index in [4.69, 9.17) is 4.74 Å². The molecule has 42 heavy (non-hydrogen) atoms. The van der Waals surface area contributed by atoms with E-state index in [1.54, 1.807) is 41.3 Å². The smallest absolute Gasteiger partial charge is 0.132 e. The van der Waals surface area contributed by atoms with Gasteiger partial charge in [0.15, 0.2) is 0 Å². The molecular formula is C28H30F2N6O5S. The number of thioether (sulfide) groups is 1. The molecule has 4 N–H and O–H groups in total. The molecule has 2 aromatic heterocycles. The van der Waals surface area contributed by atoms with Gasteiger partial charge in [-0.1, -0.05) is 16.8 Å². The minimum atomic E-state index is -1.30. The third kappa shape index (κ3) is 5.70. The van der Waals surface area contributed by atoms with Crippen LogP contribution < -0.4 is 0 Å². The summed E-state index contributed by atoms with van der Waals surface area (Å²) in [4.78, 5) is 0. The van der Waals surface area contributed by atoms with Gasteiger partial charge in [0.1, 0.15) is 52.8 Å². The van der Waals surface area contributed by atoms with Crippen LogP contribution in [0.3, 0.4) is 0 Å². The van der Waals surface area contributed by atoms with Crippen molar-refractivity contribution in [3.8, 4) is 22.5 Å². The van der Waals surface area contributed by atoms with E-state index in [0.29, 0.717) is 35.4 Å². The molecule has 4 aromatic rings. The van der Waals surface area contributed by atoms with Gasteiger partial charge in [0, 0.05) is 16.4 Å². The molecule has 11 nitrogen and oxygen atoms in total. The number of aliphatic hydroxyl groups is 4. The quantitative estimate of drug-likeness (QED) is 0.249. The summed E-state index contributed by atoms with van der Waals surface area (Å²) in [6.45, 7) is -0.498. The average molecular weight is 601 g/mol. The van der Waals surface area contributed by atoms with Crippen molar-refractivity contribution in [1.29, 1.82) is 0 Å². The van der Waals surface area contributed by atoms with Gasteiger partial charge in [0.2, 0.25) is 0 Å². The van der Waals surface area contributed by atoms with E-state index in [2.05, 4.69) is 20.6 Å². The van der Waals surface area contributed by atoms with E-state index < -0.39 is 48.3 Å². The Hall–Kier alpha value is -3.27. The molecule has 6 rings (SSSR count). The molecule has 2 aromatic carbocycles. The van der Waals surface area contributed by atoms with Crippen molar-refractivity contribution in [2.75, 3.05) is 6.61 Å². The second-order valence-corrected chi connectivity index (χ2v) is 11.9. The molecule has 8 atom stereocenters. The highest BCUT2D eigenvalue weighted by Crippen LogP contribution is 2.42. The zero-order valence-corrected chi connectivity index (χ0v) is 23.1. The summed E-state index contributed by atoms with van der Waals surface area (Å²) >= 11 is 1.23. The van der Waals surface area contributed by atoms with Crippen LogP contribution in [0.4, 0.5) is 8.78 Å². The molecule has 0 radical (unpaired) electrons. The zero-order chi connectivity index (χ0) is 29.4. The summed E-state index contributed by atoms with van der Waals surface area (Å²) in [6, 6.07) is 10.2. The van der Waals surface area contributed by atoms with Gasteiger partial charge in [-0.2, -0.15) is 0 Å². The van der Waals surface area contributed by atoms with Crippen LogP contribution >= 0.6 is 11.8 Å². The first-order valence-electron chi connectivity index (χ1n) is 13.6. The SMILES string of the molecule is OC[C@H]1O[C@@H](S[C@@H]2CCC[C@H](n3cc(-c4ccc(F)cc4)nn3)[C@H]2O)[C@H](O)[C@@H](n2cc(-c3ccc(F)cc3)nn2)[C@H]1O. The first-order valence-corrected chi connectivity index (χ1v) is 14.6. The van der Waals surface area contributed by atoms with E-state index in [1.807, 2.05) is 0 Å². The molecule has 1 saturated heterocycles. The first kappa shape index (κ1) is 28.8. The van der Waals surface area contributed by atoms with Crippen LogP contribution in [0.15, 0.2) is 60.9 Å². The van der Waals surface area contributed by atoms with Crippen molar-refractivity contribution in [2.24, 2.45) is 0 Å². The van der Waals surface area contributed by atoms with Crippen LogP contribution in [0.25, 0.3) is 22.5 Å². The maximum Gasteiger partial charge on any atom is 0.132 e. The molecule has 0 unspecified atom stereocenters. The predicted octanol–water partition coefficient (Wildman–Crippen LogP) is 2.35. The Balaban J connectivity index is 1.19. The van der Waals surface area contributed by atoms with Gasteiger partial charge in [-0.05, 0) is 61.4 Å². The second-order valence-electron chi connectivity index (χ2n) is 10.5. The first-order chi connectivity index (χ1) is 20.3. The van der Waals surface area contributed by atoms with E-state index in [-0.39, 0.29) is 17.1 Å². The molecule has 1 saturated carbocycles. The summed E-state index contributed by atoms with van der Waals surface area (Å²) in [5.41, 5.74) is 1.38. The fraction of sp³-hybridized carbons (Fsp3) is 0.429. The van der Waals surface area contributed by atoms with Crippen LogP contribution in [0.1, 0.15) is 31.3 Å². The summed E-state index contributed by atoms with van der Waals surface area (Å²) < 4.78 is 35.6. The Kier molecular flexibility index (Phi) is 8.34. The number of rotatable bonds is 7. The molecular weight excluding hydrogens is 570 g/mol.